The number of β-amino-alcohol motifs (C(OH)–C–C–N with tert-alkyl or cyclic N) is 1. The Kier molecular flexibility index (Phi) is 3.36. The summed E-state index contributed by atoms with van der Waals surface area (Å²) in [6.45, 7) is 12.2. The van der Waals surface area contributed by atoms with Crippen LogP contribution in [0.1, 0.15) is 41.5 Å². The van der Waals surface area contributed by atoms with E-state index in [1.165, 1.54) is 0 Å². The predicted molar refractivity (Wildman–Crippen MR) is 68.4 cm³/mol. The molecule has 0 aromatic rings. The number of amides is 1. The van der Waals surface area contributed by atoms with Gasteiger partial charge in [-0.3, -0.25) is 4.79 Å². The first-order chi connectivity index (χ1) is 7.42. The Morgan fingerprint density at radius 2 is 1.71 bits per heavy atom. The number of aliphatic hydroxyl groups is 1. The van der Waals surface area contributed by atoms with Crippen molar-refractivity contribution >= 4 is 5.91 Å². The number of hydrogen-bond acceptors (Lipinski definition) is 3. The molecule has 0 saturated carbocycles. The van der Waals surface area contributed by atoms with Crippen LogP contribution in [0.5, 0.6) is 0 Å². The van der Waals surface area contributed by atoms with Gasteiger partial charge in [0.1, 0.15) is 5.60 Å². The van der Waals surface area contributed by atoms with Gasteiger partial charge in [-0.25, -0.2) is 0 Å². The van der Waals surface area contributed by atoms with Crippen molar-refractivity contribution in [2.24, 2.45) is 17.1 Å². The van der Waals surface area contributed by atoms with Gasteiger partial charge in [-0.05, 0) is 33.6 Å². The molecule has 0 aromatic carbocycles. The third kappa shape index (κ3) is 2.33. The van der Waals surface area contributed by atoms with Gasteiger partial charge in [-0.15, -0.1) is 0 Å². The Hall–Kier alpha value is -0.610. The molecule has 1 aliphatic rings. The number of likely N-dealkylation sites (tertiary alicyclic amines) is 1. The molecule has 100 valence electrons. The smallest absolute Gasteiger partial charge is 0.230 e. The summed E-state index contributed by atoms with van der Waals surface area (Å²) in [6, 6.07) is 0. The first-order valence-electron chi connectivity index (χ1n) is 6.22. The third-order valence-electron chi connectivity index (χ3n) is 4.44. The average molecular weight is 242 g/mol. The maximum atomic E-state index is 12.3. The molecular weight excluding hydrogens is 216 g/mol. The third-order valence-corrected chi connectivity index (χ3v) is 4.44. The second kappa shape index (κ2) is 3.95. The molecule has 1 saturated heterocycles. The van der Waals surface area contributed by atoms with Gasteiger partial charge in [0.05, 0.1) is 18.5 Å². The molecule has 1 heterocycles. The summed E-state index contributed by atoms with van der Waals surface area (Å²) in [7, 11) is 0. The van der Waals surface area contributed by atoms with Crippen LogP contribution in [0.15, 0.2) is 0 Å². The molecular formula is C13H26N2O2. The summed E-state index contributed by atoms with van der Waals surface area (Å²) in [4.78, 5) is 14.0. The van der Waals surface area contributed by atoms with Crippen molar-refractivity contribution in [1.82, 2.24) is 4.90 Å². The normalized spacial score (nSPS) is 20.4. The molecule has 0 radical (unpaired) electrons. The molecule has 4 heteroatoms. The zero-order chi connectivity index (χ0) is 13.6. The summed E-state index contributed by atoms with van der Waals surface area (Å²) in [5.41, 5.74) is 4.14. The lowest BCUT2D eigenvalue weighted by Gasteiger charge is -2.52. The molecule has 3 N–H and O–H groups in total. The highest BCUT2D eigenvalue weighted by atomic mass is 16.3. The van der Waals surface area contributed by atoms with E-state index in [4.69, 9.17) is 5.73 Å². The molecule has 0 atom stereocenters. The number of carbonyl (C=O) groups excluding carboxylic acids is 1. The van der Waals surface area contributed by atoms with Gasteiger partial charge in [-0.1, -0.05) is 13.8 Å². The maximum absolute atomic E-state index is 12.3. The molecule has 0 bridgehead atoms. The standard InChI is InChI=1S/C13H26N2O2/c1-9(2)13(17)7-15(8-13)10(16)11(3,4)12(5,6)14/h9,17H,7-8,14H2,1-6H3. The van der Waals surface area contributed by atoms with E-state index < -0.39 is 16.6 Å². The first-order valence-corrected chi connectivity index (χ1v) is 6.22. The summed E-state index contributed by atoms with van der Waals surface area (Å²) < 4.78 is 0. The fourth-order valence-electron chi connectivity index (χ4n) is 1.79. The van der Waals surface area contributed by atoms with Gasteiger partial charge in [0.25, 0.3) is 0 Å². The zero-order valence-electron chi connectivity index (χ0n) is 11.9. The quantitative estimate of drug-likeness (QED) is 0.775. The second-order valence-corrected chi connectivity index (χ2v) is 6.77. The van der Waals surface area contributed by atoms with Crippen LogP contribution in [0, 0.1) is 11.3 Å². The second-order valence-electron chi connectivity index (χ2n) is 6.77. The SMILES string of the molecule is CC(C)C1(O)CN(C(=O)C(C)(C)C(C)(C)N)C1. The minimum absolute atomic E-state index is 0.0234. The van der Waals surface area contributed by atoms with Gasteiger partial charge in [0.15, 0.2) is 0 Å². The minimum atomic E-state index is -0.718. The van der Waals surface area contributed by atoms with Crippen molar-refractivity contribution in [3.8, 4) is 0 Å². The molecule has 1 aliphatic heterocycles. The number of nitrogens with zero attached hydrogens (tertiary/aromatic N) is 1. The number of hydrogen-bond donors (Lipinski definition) is 2. The number of nitrogens with two attached hydrogens (primary N) is 1. The summed E-state index contributed by atoms with van der Waals surface area (Å²) in [5.74, 6) is 0.191. The van der Waals surface area contributed by atoms with Crippen molar-refractivity contribution in [3.63, 3.8) is 0 Å². The van der Waals surface area contributed by atoms with E-state index in [2.05, 4.69) is 0 Å². The van der Waals surface area contributed by atoms with E-state index in [0.717, 1.165) is 0 Å². The van der Waals surface area contributed by atoms with E-state index in [1.807, 2.05) is 41.5 Å². The van der Waals surface area contributed by atoms with Crippen LogP contribution in [0.2, 0.25) is 0 Å². The minimum Gasteiger partial charge on any atom is -0.386 e. The van der Waals surface area contributed by atoms with Crippen molar-refractivity contribution in [3.05, 3.63) is 0 Å². The molecule has 0 unspecified atom stereocenters. The monoisotopic (exact) mass is 242 g/mol. The Labute approximate surface area is 104 Å². The predicted octanol–water partition coefficient (Wildman–Crippen LogP) is 0.979. The fourth-order valence-corrected chi connectivity index (χ4v) is 1.79. The van der Waals surface area contributed by atoms with Crippen LogP contribution in [-0.2, 0) is 4.79 Å². The molecule has 0 aromatic heterocycles. The molecule has 17 heavy (non-hydrogen) atoms. The Bertz CT molecular complexity index is 310. The van der Waals surface area contributed by atoms with Crippen molar-refractivity contribution < 1.29 is 9.90 Å². The van der Waals surface area contributed by atoms with Gasteiger partial charge in [0.2, 0.25) is 5.91 Å². The number of carbonyl (C=O) groups is 1. The van der Waals surface area contributed by atoms with Crippen LogP contribution in [0.3, 0.4) is 0 Å². The largest absolute Gasteiger partial charge is 0.386 e. The van der Waals surface area contributed by atoms with Gasteiger partial charge in [0, 0.05) is 5.54 Å². The fraction of sp³-hybridized carbons (Fsp3) is 0.923. The lowest BCUT2D eigenvalue weighted by Crippen LogP contribution is -2.69. The van der Waals surface area contributed by atoms with E-state index >= 15 is 0 Å². The van der Waals surface area contributed by atoms with E-state index in [0.29, 0.717) is 13.1 Å². The van der Waals surface area contributed by atoms with Crippen LogP contribution < -0.4 is 5.73 Å². The van der Waals surface area contributed by atoms with Gasteiger partial charge >= 0.3 is 0 Å². The Balaban J connectivity index is 2.71. The maximum Gasteiger partial charge on any atom is 0.230 e. The van der Waals surface area contributed by atoms with Gasteiger partial charge in [-0.2, -0.15) is 0 Å². The Morgan fingerprint density at radius 1 is 1.29 bits per heavy atom. The molecule has 1 rings (SSSR count). The van der Waals surface area contributed by atoms with Crippen LogP contribution in [0.4, 0.5) is 0 Å². The van der Waals surface area contributed by atoms with Crippen molar-refractivity contribution in [1.29, 1.82) is 0 Å². The van der Waals surface area contributed by atoms with Crippen molar-refractivity contribution in [2.45, 2.75) is 52.7 Å². The Morgan fingerprint density at radius 3 is 2.00 bits per heavy atom. The topological polar surface area (TPSA) is 66.6 Å². The molecule has 0 spiro atoms. The van der Waals surface area contributed by atoms with Crippen molar-refractivity contribution in [2.75, 3.05) is 13.1 Å². The highest BCUT2D eigenvalue weighted by Gasteiger charge is 2.51. The molecule has 1 amide bonds. The van der Waals surface area contributed by atoms with Crippen LogP contribution in [0.25, 0.3) is 0 Å². The molecule has 1 fully saturated rings. The highest BCUT2D eigenvalue weighted by Crippen LogP contribution is 2.36. The lowest BCUT2D eigenvalue weighted by molar-refractivity contribution is -0.174. The first kappa shape index (κ1) is 14.5. The summed E-state index contributed by atoms with van der Waals surface area (Å²) in [6.07, 6.45) is 0. The van der Waals surface area contributed by atoms with Gasteiger partial charge < -0.3 is 15.7 Å². The highest BCUT2D eigenvalue weighted by molar-refractivity contribution is 5.84. The summed E-state index contributed by atoms with van der Waals surface area (Å²) in [5, 5.41) is 10.1. The molecule has 4 nitrogen and oxygen atoms in total. The van der Waals surface area contributed by atoms with E-state index in [-0.39, 0.29) is 11.8 Å². The van der Waals surface area contributed by atoms with E-state index in [1.54, 1.807) is 4.90 Å². The van der Waals surface area contributed by atoms with E-state index in [9.17, 15) is 9.90 Å². The lowest BCUT2D eigenvalue weighted by atomic mass is 9.72. The molecule has 0 aliphatic carbocycles. The van der Waals surface area contributed by atoms with Crippen LogP contribution >= 0.6 is 0 Å². The average Bonchev–Trinajstić information content (AvgIpc) is 2.09. The van der Waals surface area contributed by atoms with Crippen LogP contribution in [-0.4, -0.2) is 40.1 Å². The zero-order valence-corrected chi connectivity index (χ0v) is 11.9. The number of rotatable bonds is 3. The summed E-state index contributed by atoms with van der Waals surface area (Å²) >= 11 is 0.